The molecule has 16 heavy (non-hydrogen) atoms. The predicted octanol–water partition coefficient (Wildman–Crippen LogP) is 3.88. The maximum absolute atomic E-state index is 12.4. The first-order chi connectivity index (χ1) is 7.47. The largest absolute Gasteiger partial charge is 0.451 e. The van der Waals surface area contributed by atoms with Gasteiger partial charge in [0, 0.05) is 6.07 Å². The maximum Gasteiger partial charge on any atom is 0.451 e. The summed E-state index contributed by atoms with van der Waals surface area (Å²) in [6.45, 7) is 0. The summed E-state index contributed by atoms with van der Waals surface area (Å²) < 4.78 is 37.2. The molecule has 0 unspecified atom stereocenters. The van der Waals surface area contributed by atoms with Crippen LogP contribution in [0, 0.1) is 0 Å². The second-order valence-corrected chi connectivity index (χ2v) is 4.21. The minimum absolute atomic E-state index is 0.183. The molecule has 2 aromatic heterocycles. The van der Waals surface area contributed by atoms with Gasteiger partial charge in [-0.2, -0.15) is 13.2 Å². The molecule has 84 valence electrons. The van der Waals surface area contributed by atoms with E-state index in [1.54, 1.807) is 17.5 Å². The molecule has 7 heteroatoms. The van der Waals surface area contributed by atoms with Crippen molar-refractivity contribution in [2.45, 2.75) is 6.18 Å². The topological polar surface area (TPSA) is 25.8 Å². The van der Waals surface area contributed by atoms with Crippen LogP contribution in [-0.4, -0.2) is 9.97 Å². The molecular formula is C9H4ClF3N2S. The second kappa shape index (κ2) is 4.03. The van der Waals surface area contributed by atoms with Gasteiger partial charge in [-0.15, -0.1) is 11.3 Å². The molecular weight excluding hydrogens is 261 g/mol. The van der Waals surface area contributed by atoms with Gasteiger partial charge in [-0.25, -0.2) is 9.97 Å². The number of hydrogen-bond donors (Lipinski definition) is 0. The molecule has 0 aliphatic rings. The average Bonchev–Trinajstić information content (AvgIpc) is 2.68. The van der Waals surface area contributed by atoms with Crippen LogP contribution in [0.1, 0.15) is 5.82 Å². The fraction of sp³-hybridized carbons (Fsp3) is 0.111. The van der Waals surface area contributed by atoms with E-state index in [9.17, 15) is 13.2 Å². The lowest BCUT2D eigenvalue weighted by atomic mass is 10.3. The highest BCUT2D eigenvalue weighted by molar-refractivity contribution is 7.13. The molecule has 0 aliphatic carbocycles. The predicted molar refractivity (Wildman–Crippen MR) is 55.4 cm³/mol. The highest BCUT2D eigenvalue weighted by Crippen LogP contribution is 2.31. The molecule has 2 aromatic rings. The number of rotatable bonds is 1. The molecule has 0 aromatic carbocycles. The van der Waals surface area contributed by atoms with E-state index in [2.05, 4.69) is 9.97 Å². The fourth-order valence-corrected chi connectivity index (χ4v) is 1.96. The minimum Gasteiger partial charge on any atom is -0.223 e. The number of nitrogens with zero attached hydrogens (tertiary/aromatic N) is 2. The minimum atomic E-state index is -4.59. The van der Waals surface area contributed by atoms with Crippen molar-refractivity contribution in [3.05, 3.63) is 34.6 Å². The monoisotopic (exact) mass is 264 g/mol. The Kier molecular flexibility index (Phi) is 2.86. The van der Waals surface area contributed by atoms with E-state index in [-0.39, 0.29) is 10.8 Å². The van der Waals surface area contributed by atoms with E-state index >= 15 is 0 Å². The van der Waals surface area contributed by atoms with E-state index in [1.165, 1.54) is 17.4 Å². The summed E-state index contributed by atoms with van der Waals surface area (Å²) in [5, 5.41) is 1.53. The van der Waals surface area contributed by atoms with Gasteiger partial charge in [0.1, 0.15) is 5.15 Å². The van der Waals surface area contributed by atoms with Crippen molar-refractivity contribution >= 4 is 22.9 Å². The Morgan fingerprint density at radius 1 is 1.25 bits per heavy atom. The van der Waals surface area contributed by atoms with Crippen molar-refractivity contribution in [1.29, 1.82) is 0 Å². The third-order valence-corrected chi connectivity index (χ3v) is 2.81. The highest BCUT2D eigenvalue weighted by atomic mass is 35.5. The van der Waals surface area contributed by atoms with Gasteiger partial charge < -0.3 is 0 Å². The van der Waals surface area contributed by atoms with Crippen LogP contribution in [0.4, 0.5) is 13.2 Å². The van der Waals surface area contributed by atoms with Gasteiger partial charge in [0.05, 0.1) is 10.6 Å². The highest BCUT2D eigenvalue weighted by Gasteiger charge is 2.35. The molecule has 0 aliphatic heterocycles. The van der Waals surface area contributed by atoms with Crippen LogP contribution in [0.5, 0.6) is 0 Å². The lowest BCUT2D eigenvalue weighted by Crippen LogP contribution is -2.11. The van der Waals surface area contributed by atoms with Crippen LogP contribution in [0.3, 0.4) is 0 Å². The SMILES string of the molecule is FC(F)(F)c1nc(Cl)cc(-c2cccs2)n1. The maximum atomic E-state index is 12.4. The molecule has 0 radical (unpaired) electrons. The van der Waals surface area contributed by atoms with Crippen LogP contribution in [-0.2, 0) is 6.18 Å². The van der Waals surface area contributed by atoms with Crippen molar-refractivity contribution in [1.82, 2.24) is 9.97 Å². The average molecular weight is 265 g/mol. The molecule has 2 nitrogen and oxygen atoms in total. The third-order valence-electron chi connectivity index (χ3n) is 1.72. The molecule has 0 saturated carbocycles. The molecule has 0 bridgehead atoms. The molecule has 0 N–H and O–H groups in total. The summed E-state index contributed by atoms with van der Waals surface area (Å²) in [6.07, 6.45) is -4.59. The molecule has 0 saturated heterocycles. The smallest absolute Gasteiger partial charge is 0.223 e. The first-order valence-corrected chi connectivity index (χ1v) is 5.38. The van der Waals surface area contributed by atoms with Crippen LogP contribution in [0.2, 0.25) is 5.15 Å². The summed E-state index contributed by atoms with van der Waals surface area (Å²) in [6, 6.07) is 4.70. The lowest BCUT2D eigenvalue weighted by molar-refractivity contribution is -0.144. The summed E-state index contributed by atoms with van der Waals surface area (Å²) in [5.74, 6) is -1.22. The summed E-state index contributed by atoms with van der Waals surface area (Å²) in [7, 11) is 0. The molecule has 0 spiro atoms. The molecule has 2 rings (SSSR count). The summed E-state index contributed by atoms with van der Waals surface area (Å²) in [4.78, 5) is 7.21. The zero-order valence-corrected chi connectivity index (χ0v) is 9.20. The quantitative estimate of drug-likeness (QED) is 0.731. The van der Waals surface area contributed by atoms with Crippen LogP contribution >= 0.6 is 22.9 Å². The summed E-state index contributed by atoms with van der Waals surface area (Å²) >= 11 is 6.81. The Hall–Kier alpha value is -1.14. The van der Waals surface area contributed by atoms with Crippen molar-refractivity contribution < 1.29 is 13.2 Å². The van der Waals surface area contributed by atoms with E-state index in [0.29, 0.717) is 4.88 Å². The van der Waals surface area contributed by atoms with Crippen LogP contribution in [0.25, 0.3) is 10.6 Å². The van der Waals surface area contributed by atoms with Gasteiger partial charge in [0.2, 0.25) is 5.82 Å². The normalized spacial score (nSPS) is 11.8. The standard InChI is InChI=1S/C9H4ClF3N2S/c10-7-4-5(6-2-1-3-16-6)14-8(15-7)9(11,12)13/h1-4H. The van der Waals surface area contributed by atoms with Crippen LogP contribution in [0.15, 0.2) is 23.6 Å². The van der Waals surface area contributed by atoms with Crippen molar-refractivity contribution in [3.63, 3.8) is 0 Å². The van der Waals surface area contributed by atoms with Gasteiger partial charge in [0.25, 0.3) is 0 Å². The Labute approximate surface area is 97.7 Å². The first kappa shape index (κ1) is 11.3. The Bertz CT molecular complexity index is 496. The fourth-order valence-electron chi connectivity index (χ4n) is 1.09. The van der Waals surface area contributed by atoms with E-state index in [0.717, 1.165) is 0 Å². The van der Waals surface area contributed by atoms with Crippen molar-refractivity contribution in [2.24, 2.45) is 0 Å². The first-order valence-electron chi connectivity index (χ1n) is 4.12. The third kappa shape index (κ3) is 2.33. The second-order valence-electron chi connectivity index (χ2n) is 2.87. The molecule has 0 fully saturated rings. The van der Waals surface area contributed by atoms with Gasteiger partial charge in [-0.3, -0.25) is 0 Å². The van der Waals surface area contributed by atoms with Crippen LogP contribution < -0.4 is 0 Å². The van der Waals surface area contributed by atoms with Gasteiger partial charge in [-0.05, 0) is 11.4 Å². The summed E-state index contributed by atoms with van der Waals surface area (Å²) in [5.41, 5.74) is 0.183. The number of aromatic nitrogens is 2. The number of thiophene rings is 1. The van der Waals surface area contributed by atoms with E-state index in [1.807, 2.05) is 0 Å². The zero-order chi connectivity index (χ0) is 11.8. The van der Waals surface area contributed by atoms with Crippen molar-refractivity contribution in [2.75, 3.05) is 0 Å². The van der Waals surface area contributed by atoms with E-state index < -0.39 is 12.0 Å². The van der Waals surface area contributed by atoms with Gasteiger partial charge in [-0.1, -0.05) is 17.7 Å². The lowest BCUT2D eigenvalue weighted by Gasteiger charge is -2.06. The number of alkyl halides is 3. The molecule has 0 amide bonds. The van der Waals surface area contributed by atoms with Crippen molar-refractivity contribution in [3.8, 4) is 10.6 Å². The Morgan fingerprint density at radius 2 is 2.00 bits per heavy atom. The zero-order valence-electron chi connectivity index (χ0n) is 7.62. The van der Waals surface area contributed by atoms with Gasteiger partial charge >= 0.3 is 6.18 Å². The van der Waals surface area contributed by atoms with E-state index in [4.69, 9.17) is 11.6 Å². The van der Waals surface area contributed by atoms with Gasteiger partial charge in [0.15, 0.2) is 0 Å². The number of halogens is 4. The molecule has 0 atom stereocenters. The molecule has 2 heterocycles. The Morgan fingerprint density at radius 3 is 2.56 bits per heavy atom. The number of hydrogen-bond acceptors (Lipinski definition) is 3. The Balaban J connectivity index is 2.53.